The van der Waals surface area contributed by atoms with Crippen LogP contribution in [0.2, 0.25) is 0 Å². The van der Waals surface area contributed by atoms with Gasteiger partial charge in [0.25, 0.3) is 0 Å². The van der Waals surface area contributed by atoms with E-state index >= 15 is 0 Å². The molecule has 0 bridgehead atoms. The second-order valence-electron chi connectivity index (χ2n) is 6.85. The van der Waals surface area contributed by atoms with Gasteiger partial charge in [0, 0.05) is 10.0 Å². The standard InChI is InChI=1S/C25H22BrNO4/c1-28-18-10-8-16(9-11-18)15-27-25-20-14-24(30-3)23(29-2)13-19(20)22(31-25)12-17-6-4-5-7-21(17)26/h4-14H,15H2,1-3H3/b22-12+,27-25?. The second kappa shape index (κ2) is 9.27. The van der Waals surface area contributed by atoms with Gasteiger partial charge in [0.1, 0.15) is 11.5 Å². The van der Waals surface area contributed by atoms with Crippen LogP contribution in [0.1, 0.15) is 22.3 Å². The van der Waals surface area contributed by atoms with Crippen LogP contribution < -0.4 is 14.2 Å². The third-order valence-electron chi connectivity index (χ3n) is 4.98. The minimum absolute atomic E-state index is 0.482. The number of hydrogen-bond acceptors (Lipinski definition) is 5. The normalized spacial score (nSPS) is 15.0. The highest BCUT2D eigenvalue weighted by Gasteiger charge is 2.27. The van der Waals surface area contributed by atoms with E-state index < -0.39 is 0 Å². The van der Waals surface area contributed by atoms with E-state index in [1.54, 1.807) is 21.3 Å². The minimum Gasteiger partial charge on any atom is -0.497 e. The summed E-state index contributed by atoms with van der Waals surface area (Å²) in [6.45, 7) is 0.482. The van der Waals surface area contributed by atoms with Crippen molar-refractivity contribution in [3.63, 3.8) is 0 Å². The fourth-order valence-electron chi connectivity index (χ4n) is 3.33. The van der Waals surface area contributed by atoms with E-state index in [0.29, 0.717) is 29.7 Å². The predicted octanol–water partition coefficient (Wildman–Crippen LogP) is 5.95. The van der Waals surface area contributed by atoms with Crippen molar-refractivity contribution in [2.45, 2.75) is 6.54 Å². The van der Waals surface area contributed by atoms with Crippen LogP contribution in [0.5, 0.6) is 17.2 Å². The molecule has 6 heteroatoms. The maximum Gasteiger partial charge on any atom is 0.223 e. The molecule has 3 aromatic rings. The van der Waals surface area contributed by atoms with Gasteiger partial charge in [-0.2, -0.15) is 0 Å². The summed E-state index contributed by atoms with van der Waals surface area (Å²) in [4.78, 5) is 4.74. The number of aliphatic imine (C=N–C) groups is 1. The Morgan fingerprint density at radius 3 is 2.19 bits per heavy atom. The van der Waals surface area contributed by atoms with E-state index in [4.69, 9.17) is 23.9 Å². The van der Waals surface area contributed by atoms with Gasteiger partial charge in [-0.1, -0.05) is 46.3 Å². The monoisotopic (exact) mass is 479 g/mol. The molecule has 1 heterocycles. The van der Waals surface area contributed by atoms with Crippen LogP contribution >= 0.6 is 15.9 Å². The smallest absolute Gasteiger partial charge is 0.223 e. The van der Waals surface area contributed by atoms with Crippen LogP contribution in [0.4, 0.5) is 0 Å². The molecule has 0 saturated heterocycles. The molecule has 0 atom stereocenters. The zero-order valence-electron chi connectivity index (χ0n) is 17.5. The number of halogens is 1. The van der Waals surface area contributed by atoms with Gasteiger partial charge >= 0.3 is 0 Å². The highest BCUT2D eigenvalue weighted by Crippen LogP contribution is 2.40. The Balaban J connectivity index is 1.75. The molecule has 5 nitrogen and oxygen atoms in total. The molecule has 158 valence electrons. The van der Waals surface area contributed by atoms with Gasteiger partial charge in [0.05, 0.1) is 33.4 Å². The average Bonchev–Trinajstić information content (AvgIpc) is 3.14. The summed E-state index contributed by atoms with van der Waals surface area (Å²) in [6.07, 6.45) is 1.99. The molecule has 0 saturated carbocycles. The third kappa shape index (κ3) is 4.44. The molecule has 0 radical (unpaired) electrons. The maximum atomic E-state index is 6.21. The Morgan fingerprint density at radius 1 is 0.871 bits per heavy atom. The molecule has 0 aliphatic carbocycles. The topological polar surface area (TPSA) is 49.3 Å². The fourth-order valence-corrected chi connectivity index (χ4v) is 3.73. The van der Waals surface area contributed by atoms with E-state index in [1.165, 1.54) is 0 Å². The van der Waals surface area contributed by atoms with Gasteiger partial charge in [0.15, 0.2) is 11.5 Å². The maximum absolute atomic E-state index is 6.21. The third-order valence-corrected chi connectivity index (χ3v) is 5.70. The largest absolute Gasteiger partial charge is 0.497 e. The van der Waals surface area contributed by atoms with Gasteiger partial charge in [-0.3, -0.25) is 0 Å². The first-order valence-electron chi connectivity index (χ1n) is 9.71. The van der Waals surface area contributed by atoms with Crippen molar-refractivity contribution in [3.8, 4) is 17.2 Å². The molecule has 0 N–H and O–H groups in total. The summed E-state index contributed by atoms with van der Waals surface area (Å²) in [7, 11) is 4.89. The number of methoxy groups -OCH3 is 3. The Bertz CT molecular complexity index is 1150. The van der Waals surface area contributed by atoms with Crippen LogP contribution in [-0.4, -0.2) is 27.2 Å². The quantitative estimate of drug-likeness (QED) is 0.438. The number of fused-ring (bicyclic) bond motifs is 1. The lowest BCUT2D eigenvalue weighted by molar-refractivity contribution is 0.355. The molecule has 0 fully saturated rings. The molecule has 0 spiro atoms. The van der Waals surface area contributed by atoms with Crippen molar-refractivity contribution in [2.75, 3.05) is 21.3 Å². The number of nitrogens with zero attached hydrogens (tertiary/aromatic N) is 1. The van der Waals surface area contributed by atoms with E-state index in [0.717, 1.165) is 32.5 Å². The molecule has 31 heavy (non-hydrogen) atoms. The average molecular weight is 480 g/mol. The summed E-state index contributed by atoms with van der Waals surface area (Å²) in [5, 5.41) is 0. The van der Waals surface area contributed by atoms with Crippen molar-refractivity contribution in [3.05, 3.63) is 87.4 Å². The van der Waals surface area contributed by atoms with Crippen molar-refractivity contribution < 1.29 is 18.9 Å². The predicted molar refractivity (Wildman–Crippen MR) is 126 cm³/mol. The first-order valence-corrected chi connectivity index (χ1v) is 10.5. The van der Waals surface area contributed by atoms with Crippen LogP contribution in [0.15, 0.2) is 70.1 Å². The number of ether oxygens (including phenoxy) is 4. The van der Waals surface area contributed by atoms with Gasteiger partial charge < -0.3 is 18.9 Å². The molecule has 0 aromatic heterocycles. The lowest BCUT2D eigenvalue weighted by Crippen LogP contribution is -2.00. The van der Waals surface area contributed by atoms with Crippen LogP contribution in [0, 0.1) is 0 Å². The summed E-state index contributed by atoms with van der Waals surface area (Å²) >= 11 is 3.60. The van der Waals surface area contributed by atoms with Crippen molar-refractivity contribution >= 4 is 33.7 Å². The number of benzene rings is 3. The zero-order chi connectivity index (χ0) is 21.8. The molecular formula is C25H22BrNO4. The first-order chi connectivity index (χ1) is 15.1. The van der Waals surface area contributed by atoms with E-state index in [-0.39, 0.29) is 0 Å². The molecule has 3 aromatic carbocycles. The highest BCUT2D eigenvalue weighted by molar-refractivity contribution is 9.10. The van der Waals surface area contributed by atoms with Gasteiger partial charge in [-0.15, -0.1) is 0 Å². The van der Waals surface area contributed by atoms with E-state index in [2.05, 4.69) is 15.9 Å². The summed E-state index contributed by atoms with van der Waals surface area (Å²) in [6, 6.07) is 19.6. The molecule has 0 unspecified atom stereocenters. The van der Waals surface area contributed by atoms with Gasteiger partial charge in [-0.25, -0.2) is 4.99 Å². The number of rotatable bonds is 6. The van der Waals surface area contributed by atoms with Crippen LogP contribution in [0.25, 0.3) is 11.8 Å². The van der Waals surface area contributed by atoms with Gasteiger partial charge in [0.2, 0.25) is 5.90 Å². The second-order valence-corrected chi connectivity index (χ2v) is 7.71. The minimum atomic E-state index is 0.482. The Morgan fingerprint density at radius 2 is 1.55 bits per heavy atom. The lowest BCUT2D eigenvalue weighted by Gasteiger charge is -2.09. The first kappa shape index (κ1) is 21.0. The SMILES string of the molecule is COc1ccc(CN=C2O/C(=C/c3ccccc3Br)c3cc(OC)c(OC)cc32)cc1. The molecule has 0 amide bonds. The Kier molecular flexibility index (Phi) is 6.28. The van der Waals surface area contributed by atoms with Crippen molar-refractivity contribution in [1.82, 2.24) is 0 Å². The number of hydrogen-bond donors (Lipinski definition) is 0. The summed E-state index contributed by atoms with van der Waals surface area (Å²) < 4.78 is 23.4. The molecular weight excluding hydrogens is 458 g/mol. The van der Waals surface area contributed by atoms with Crippen molar-refractivity contribution in [1.29, 1.82) is 0 Å². The lowest BCUT2D eigenvalue weighted by atomic mass is 10.0. The van der Waals surface area contributed by atoms with E-state index in [9.17, 15) is 0 Å². The van der Waals surface area contributed by atoms with Gasteiger partial charge in [-0.05, 0) is 47.5 Å². The molecule has 4 rings (SSSR count). The van der Waals surface area contributed by atoms with E-state index in [1.807, 2.05) is 66.7 Å². The molecule has 1 aliphatic rings. The highest BCUT2D eigenvalue weighted by atomic mass is 79.9. The fraction of sp³-hybridized carbons (Fsp3) is 0.160. The zero-order valence-corrected chi connectivity index (χ0v) is 19.1. The molecule has 1 aliphatic heterocycles. The Labute approximate surface area is 190 Å². The van der Waals surface area contributed by atoms with Crippen LogP contribution in [0.3, 0.4) is 0 Å². The van der Waals surface area contributed by atoms with Crippen molar-refractivity contribution in [2.24, 2.45) is 4.99 Å². The summed E-state index contributed by atoms with van der Waals surface area (Å²) in [5.41, 5.74) is 3.84. The summed E-state index contributed by atoms with van der Waals surface area (Å²) in [5.74, 6) is 3.33. The Hall–Kier alpha value is -3.25. The van der Waals surface area contributed by atoms with Crippen LogP contribution in [-0.2, 0) is 11.3 Å².